The SMILES string of the molecule is Cc1ccc(NC(=O)c2nc3nc(-c4cccs4)cc(C(F)(F)F)n3n2)cc1Cl. The molecule has 0 radical (unpaired) electrons. The van der Waals surface area contributed by atoms with Crippen molar-refractivity contribution in [1.82, 2.24) is 19.6 Å². The smallest absolute Gasteiger partial charge is 0.319 e. The number of benzene rings is 1. The van der Waals surface area contributed by atoms with E-state index in [0.29, 0.717) is 20.1 Å². The van der Waals surface area contributed by atoms with Crippen molar-refractivity contribution >= 4 is 40.3 Å². The zero-order valence-corrected chi connectivity index (χ0v) is 16.2. The van der Waals surface area contributed by atoms with Gasteiger partial charge in [0.25, 0.3) is 11.7 Å². The number of fused-ring (bicyclic) bond motifs is 1. The lowest BCUT2D eigenvalue weighted by molar-refractivity contribution is -0.142. The lowest BCUT2D eigenvalue weighted by Gasteiger charge is -2.09. The molecule has 148 valence electrons. The number of rotatable bonds is 3. The number of hydrogen-bond acceptors (Lipinski definition) is 5. The van der Waals surface area contributed by atoms with E-state index in [1.165, 1.54) is 17.4 Å². The third-order valence-electron chi connectivity index (χ3n) is 4.01. The molecule has 0 spiro atoms. The Morgan fingerprint density at radius 1 is 1.21 bits per heavy atom. The van der Waals surface area contributed by atoms with E-state index in [1.807, 2.05) is 0 Å². The molecule has 0 saturated carbocycles. The fourth-order valence-corrected chi connectivity index (χ4v) is 3.44. The van der Waals surface area contributed by atoms with E-state index in [4.69, 9.17) is 11.6 Å². The van der Waals surface area contributed by atoms with Crippen LogP contribution in [-0.4, -0.2) is 25.5 Å². The van der Waals surface area contributed by atoms with Crippen molar-refractivity contribution in [3.05, 3.63) is 63.9 Å². The van der Waals surface area contributed by atoms with Crippen LogP contribution in [-0.2, 0) is 6.18 Å². The second kappa shape index (κ2) is 7.12. The Morgan fingerprint density at radius 3 is 2.66 bits per heavy atom. The minimum absolute atomic E-state index is 0.101. The highest BCUT2D eigenvalue weighted by molar-refractivity contribution is 7.13. The van der Waals surface area contributed by atoms with E-state index in [0.717, 1.165) is 11.6 Å². The molecule has 11 heteroatoms. The Morgan fingerprint density at radius 2 is 2.00 bits per heavy atom. The van der Waals surface area contributed by atoms with Crippen molar-refractivity contribution in [1.29, 1.82) is 0 Å². The van der Waals surface area contributed by atoms with Gasteiger partial charge in [0.1, 0.15) is 0 Å². The number of nitrogens with one attached hydrogen (secondary N) is 1. The molecule has 0 atom stereocenters. The molecule has 6 nitrogen and oxygen atoms in total. The standard InChI is InChI=1S/C18H11ClF3N5OS/c1-9-4-5-10(7-11(9)19)23-16(28)15-25-17-24-12(13-3-2-6-29-13)8-14(18(20,21)22)27(17)26-15/h2-8H,1H3,(H,23,28). The molecule has 1 N–H and O–H groups in total. The van der Waals surface area contributed by atoms with E-state index in [9.17, 15) is 18.0 Å². The van der Waals surface area contributed by atoms with Gasteiger partial charge in [-0.2, -0.15) is 22.7 Å². The summed E-state index contributed by atoms with van der Waals surface area (Å²) in [4.78, 5) is 21.0. The zero-order valence-electron chi connectivity index (χ0n) is 14.7. The van der Waals surface area contributed by atoms with Crippen LogP contribution >= 0.6 is 22.9 Å². The van der Waals surface area contributed by atoms with Gasteiger partial charge in [0, 0.05) is 10.7 Å². The summed E-state index contributed by atoms with van der Waals surface area (Å²) in [5.74, 6) is -1.54. The van der Waals surface area contributed by atoms with Gasteiger partial charge in [0.05, 0.1) is 10.6 Å². The van der Waals surface area contributed by atoms with Gasteiger partial charge >= 0.3 is 6.18 Å². The van der Waals surface area contributed by atoms with E-state index in [-0.39, 0.29) is 11.5 Å². The Balaban J connectivity index is 1.76. The fourth-order valence-electron chi connectivity index (χ4n) is 2.57. The van der Waals surface area contributed by atoms with Gasteiger partial charge in [0.2, 0.25) is 5.82 Å². The van der Waals surface area contributed by atoms with Gasteiger partial charge in [-0.1, -0.05) is 23.7 Å². The topological polar surface area (TPSA) is 72.2 Å². The molecule has 0 bridgehead atoms. The molecule has 3 heterocycles. The van der Waals surface area contributed by atoms with Gasteiger partial charge in [-0.05, 0) is 42.1 Å². The van der Waals surface area contributed by atoms with Crippen molar-refractivity contribution in [3.8, 4) is 10.6 Å². The van der Waals surface area contributed by atoms with E-state index in [2.05, 4.69) is 20.4 Å². The first kappa shape index (κ1) is 19.3. The number of aryl methyl sites for hydroxylation is 1. The monoisotopic (exact) mass is 437 g/mol. The number of aromatic nitrogens is 4. The van der Waals surface area contributed by atoms with Crippen molar-refractivity contribution in [3.63, 3.8) is 0 Å². The fraction of sp³-hybridized carbons (Fsp3) is 0.111. The highest BCUT2D eigenvalue weighted by Crippen LogP contribution is 2.33. The molecule has 0 aliphatic rings. The summed E-state index contributed by atoms with van der Waals surface area (Å²) in [6, 6.07) is 9.08. The van der Waals surface area contributed by atoms with Crippen LogP contribution in [0.25, 0.3) is 16.3 Å². The maximum absolute atomic E-state index is 13.6. The summed E-state index contributed by atoms with van der Waals surface area (Å²) in [7, 11) is 0. The Labute approximate surface area is 171 Å². The van der Waals surface area contributed by atoms with E-state index in [1.54, 1.807) is 36.6 Å². The van der Waals surface area contributed by atoms with Crippen LogP contribution in [0.3, 0.4) is 0 Å². The third kappa shape index (κ3) is 3.81. The number of anilines is 1. The summed E-state index contributed by atoms with van der Waals surface area (Å²) in [5, 5.41) is 8.40. The minimum atomic E-state index is -4.71. The van der Waals surface area contributed by atoms with E-state index >= 15 is 0 Å². The Kier molecular flexibility index (Phi) is 4.75. The van der Waals surface area contributed by atoms with Gasteiger partial charge in [-0.25, -0.2) is 4.98 Å². The first-order valence-electron chi connectivity index (χ1n) is 8.19. The van der Waals surface area contributed by atoms with Crippen LogP contribution in [0.1, 0.15) is 21.9 Å². The number of carbonyl (C=O) groups excluding carboxylic acids is 1. The summed E-state index contributed by atoms with van der Waals surface area (Å²) in [6.45, 7) is 1.80. The molecule has 0 unspecified atom stereocenters. The Bertz CT molecular complexity index is 1220. The highest BCUT2D eigenvalue weighted by atomic mass is 35.5. The largest absolute Gasteiger partial charge is 0.433 e. The quantitative estimate of drug-likeness (QED) is 0.485. The van der Waals surface area contributed by atoms with Crippen molar-refractivity contribution in [2.75, 3.05) is 5.32 Å². The third-order valence-corrected chi connectivity index (χ3v) is 5.31. The van der Waals surface area contributed by atoms with Gasteiger partial charge in [0.15, 0.2) is 5.69 Å². The molecule has 29 heavy (non-hydrogen) atoms. The number of alkyl halides is 3. The number of carbonyl (C=O) groups is 1. The second-order valence-corrected chi connectivity index (χ2v) is 7.42. The zero-order chi connectivity index (χ0) is 20.8. The molecular weight excluding hydrogens is 427 g/mol. The second-order valence-electron chi connectivity index (χ2n) is 6.07. The summed E-state index contributed by atoms with van der Waals surface area (Å²) < 4.78 is 41.2. The number of amides is 1. The van der Waals surface area contributed by atoms with Gasteiger partial charge in [-0.3, -0.25) is 4.79 Å². The van der Waals surface area contributed by atoms with Crippen molar-refractivity contribution in [2.45, 2.75) is 13.1 Å². The molecule has 3 aromatic heterocycles. The average molecular weight is 438 g/mol. The lowest BCUT2D eigenvalue weighted by atomic mass is 10.2. The predicted molar refractivity (Wildman–Crippen MR) is 103 cm³/mol. The highest BCUT2D eigenvalue weighted by Gasteiger charge is 2.36. The molecule has 0 fully saturated rings. The maximum Gasteiger partial charge on any atom is 0.433 e. The first-order chi connectivity index (χ1) is 13.7. The molecule has 4 aromatic rings. The molecular formula is C18H11ClF3N5OS. The lowest BCUT2D eigenvalue weighted by Crippen LogP contribution is -2.16. The number of thiophene rings is 1. The maximum atomic E-state index is 13.6. The van der Waals surface area contributed by atoms with Crippen molar-refractivity contribution < 1.29 is 18.0 Å². The molecule has 1 amide bonds. The van der Waals surface area contributed by atoms with Crippen LogP contribution < -0.4 is 5.32 Å². The number of halogens is 4. The van der Waals surface area contributed by atoms with Crippen LogP contribution in [0, 0.1) is 6.92 Å². The van der Waals surface area contributed by atoms with Crippen molar-refractivity contribution in [2.24, 2.45) is 0 Å². The predicted octanol–water partition coefficient (Wildman–Crippen LogP) is 5.09. The molecule has 0 aliphatic heterocycles. The minimum Gasteiger partial charge on any atom is -0.319 e. The molecule has 4 rings (SSSR count). The molecule has 0 aliphatic carbocycles. The normalized spacial score (nSPS) is 11.8. The first-order valence-corrected chi connectivity index (χ1v) is 9.44. The number of hydrogen-bond donors (Lipinski definition) is 1. The van der Waals surface area contributed by atoms with Crippen LogP contribution in [0.4, 0.5) is 18.9 Å². The van der Waals surface area contributed by atoms with Crippen LogP contribution in [0.5, 0.6) is 0 Å². The Hall–Kier alpha value is -2.98. The summed E-state index contributed by atoms with van der Waals surface area (Å²) in [6.07, 6.45) is -4.71. The number of nitrogens with zero attached hydrogens (tertiary/aromatic N) is 4. The average Bonchev–Trinajstić information content (AvgIpc) is 3.32. The molecule has 1 aromatic carbocycles. The summed E-state index contributed by atoms with van der Waals surface area (Å²) >= 11 is 7.27. The van der Waals surface area contributed by atoms with Crippen LogP contribution in [0.2, 0.25) is 5.02 Å². The van der Waals surface area contributed by atoms with Gasteiger partial charge in [-0.15, -0.1) is 16.4 Å². The molecule has 0 saturated heterocycles. The van der Waals surface area contributed by atoms with Crippen LogP contribution in [0.15, 0.2) is 41.8 Å². The van der Waals surface area contributed by atoms with Gasteiger partial charge < -0.3 is 5.32 Å². The van der Waals surface area contributed by atoms with E-state index < -0.39 is 23.6 Å². The summed E-state index contributed by atoms with van der Waals surface area (Å²) in [5.41, 5.74) is 0.212.